The number of aromatic nitrogens is 1. The Labute approximate surface area is 204 Å². The number of anilines is 1. The summed E-state index contributed by atoms with van der Waals surface area (Å²) in [4.78, 5) is 19.4. The third kappa shape index (κ3) is 4.87. The number of hydrogen-bond acceptors (Lipinski definition) is 3. The van der Waals surface area contributed by atoms with Crippen molar-refractivity contribution in [1.29, 1.82) is 0 Å². The van der Waals surface area contributed by atoms with E-state index in [9.17, 15) is 4.79 Å². The maximum Gasteiger partial charge on any atom is 0.232 e. The molecule has 0 radical (unpaired) electrons. The van der Waals surface area contributed by atoms with Crippen LogP contribution < -0.4 is 5.32 Å². The molecule has 0 bridgehead atoms. The number of hydrogen-bond donors (Lipinski definition) is 1. The number of nitrogens with zero attached hydrogens (tertiary/aromatic N) is 1. The first-order valence-electron chi connectivity index (χ1n) is 10.9. The van der Waals surface area contributed by atoms with Crippen molar-refractivity contribution in [3.63, 3.8) is 0 Å². The maximum absolute atomic E-state index is 13.6. The Hall–Kier alpha value is -2.95. The second-order valence-electron chi connectivity index (χ2n) is 8.82. The molecule has 1 heterocycles. The molecule has 4 rings (SSSR count). The van der Waals surface area contributed by atoms with E-state index in [1.165, 1.54) is 11.3 Å². The number of aryl methyl sites for hydroxylation is 2. The molecule has 0 saturated carbocycles. The first kappa shape index (κ1) is 23.2. The van der Waals surface area contributed by atoms with Crippen molar-refractivity contribution in [3.8, 4) is 11.3 Å². The lowest BCUT2D eigenvalue weighted by atomic mass is 9.70. The van der Waals surface area contributed by atoms with E-state index in [0.717, 1.165) is 32.8 Å². The first-order valence-corrected chi connectivity index (χ1v) is 12.1. The largest absolute Gasteiger partial charge is 0.301 e. The van der Waals surface area contributed by atoms with E-state index in [1.54, 1.807) is 0 Å². The van der Waals surface area contributed by atoms with Gasteiger partial charge >= 0.3 is 0 Å². The van der Waals surface area contributed by atoms with Gasteiger partial charge in [0.05, 0.1) is 11.1 Å². The van der Waals surface area contributed by atoms with Crippen LogP contribution in [-0.2, 0) is 4.79 Å². The Morgan fingerprint density at radius 2 is 1.52 bits per heavy atom. The fourth-order valence-electron chi connectivity index (χ4n) is 4.16. The fraction of sp³-hybridized carbons (Fsp3) is 0.214. The van der Waals surface area contributed by atoms with Crippen molar-refractivity contribution in [2.24, 2.45) is 5.41 Å². The topological polar surface area (TPSA) is 42.0 Å². The molecule has 1 N–H and O–H groups in total. The quantitative estimate of drug-likeness (QED) is 0.309. The van der Waals surface area contributed by atoms with E-state index in [-0.39, 0.29) is 11.8 Å². The number of amides is 1. The fourth-order valence-corrected chi connectivity index (χ4v) is 5.18. The summed E-state index contributed by atoms with van der Waals surface area (Å²) in [7, 11) is 0. The van der Waals surface area contributed by atoms with Gasteiger partial charge in [0, 0.05) is 21.4 Å². The second-order valence-corrected chi connectivity index (χ2v) is 10.4. The molecule has 3 aromatic carbocycles. The molecule has 0 unspecified atom stereocenters. The predicted octanol–water partition coefficient (Wildman–Crippen LogP) is 7.88. The van der Waals surface area contributed by atoms with Crippen LogP contribution >= 0.6 is 22.9 Å². The van der Waals surface area contributed by atoms with Crippen LogP contribution in [-0.4, -0.2) is 10.9 Å². The van der Waals surface area contributed by atoms with Crippen molar-refractivity contribution in [3.05, 3.63) is 105 Å². The van der Waals surface area contributed by atoms with Gasteiger partial charge in [-0.3, -0.25) is 4.79 Å². The van der Waals surface area contributed by atoms with Crippen molar-refractivity contribution >= 4 is 34.0 Å². The molecule has 5 heteroatoms. The standard InChI is InChI=1S/C28H27ClN2OS/c1-18-15-16-22(17-23(18)29)25-19(2)33-27(30-25)31-26(32)28(3,4)24(20-11-7-5-8-12-20)21-13-9-6-10-14-21/h5-17,24H,1-4H3,(H,30,31,32). The summed E-state index contributed by atoms with van der Waals surface area (Å²) >= 11 is 7.81. The minimum atomic E-state index is -0.713. The highest BCUT2D eigenvalue weighted by atomic mass is 35.5. The monoisotopic (exact) mass is 474 g/mol. The molecule has 33 heavy (non-hydrogen) atoms. The summed E-state index contributed by atoms with van der Waals surface area (Å²) in [5, 5.41) is 4.40. The van der Waals surface area contributed by atoms with E-state index < -0.39 is 5.41 Å². The lowest BCUT2D eigenvalue weighted by Gasteiger charge is -2.33. The number of carbonyl (C=O) groups is 1. The molecule has 0 aliphatic rings. The molecule has 0 spiro atoms. The minimum absolute atomic E-state index is 0.0672. The van der Waals surface area contributed by atoms with Crippen molar-refractivity contribution in [2.75, 3.05) is 5.32 Å². The van der Waals surface area contributed by atoms with Gasteiger partial charge in [0.25, 0.3) is 0 Å². The summed E-state index contributed by atoms with van der Waals surface area (Å²) < 4.78 is 0. The molecule has 3 nitrogen and oxygen atoms in total. The maximum atomic E-state index is 13.6. The van der Waals surface area contributed by atoms with E-state index in [1.807, 2.05) is 82.3 Å². The number of rotatable bonds is 6. The lowest BCUT2D eigenvalue weighted by molar-refractivity contribution is -0.124. The molecule has 168 valence electrons. The summed E-state index contributed by atoms with van der Waals surface area (Å²) in [5.41, 5.74) is 4.32. The third-order valence-electron chi connectivity index (χ3n) is 6.04. The molecule has 1 amide bonds. The van der Waals surface area contributed by atoms with Gasteiger partial charge in [-0.2, -0.15) is 0 Å². The van der Waals surface area contributed by atoms with Gasteiger partial charge < -0.3 is 5.32 Å². The van der Waals surface area contributed by atoms with E-state index in [2.05, 4.69) is 29.6 Å². The molecule has 0 aliphatic carbocycles. The summed E-state index contributed by atoms with van der Waals surface area (Å²) in [6, 6.07) is 26.3. The summed E-state index contributed by atoms with van der Waals surface area (Å²) in [6.07, 6.45) is 0. The number of thiazole rings is 1. The zero-order valence-electron chi connectivity index (χ0n) is 19.2. The number of benzene rings is 3. The van der Waals surface area contributed by atoms with Crippen LogP contribution in [0.4, 0.5) is 5.13 Å². The van der Waals surface area contributed by atoms with Crippen LogP contribution in [0.5, 0.6) is 0 Å². The van der Waals surface area contributed by atoms with Gasteiger partial charge in [0.2, 0.25) is 5.91 Å². The highest BCUT2D eigenvalue weighted by molar-refractivity contribution is 7.16. The number of halogens is 1. The average molecular weight is 475 g/mol. The molecular formula is C28H27ClN2OS. The Kier molecular flexibility index (Phi) is 6.68. The summed E-state index contributed by atoms with van der Waals surface area (Å²) in [6.45, 7) is 7.98. The van der Waals surface area contributed by atoms with E-state index in [4.69, 9.17) is 16.6 Å². The van der Waals surface area contributed by atoms with Crippen LogP contribution in [0.25, 0.3) is 11.3 Å². The molecule has 0 fully saturated rings. The zero-order valence-corrected chi connectivity index (χ0v) is 20.8. The SMILES string of the molecule is Cc1ccc(-c2nc(NC(=O)C(C)(C)C(c3ccccc3)c3ccccc3)sc2C)cc1Cl. The third-order valence-corrected chi connectivity index (χ3v) is 7.33. The first-order chi connectivity index (χ1) is 15.8. The molecular weight excluding hydrogens is 448 g/mol. The second kappa shape index (κ2) is 9.50. The molecule has 0 aliphatic heterocycles. The van der Waals surface area contributed by atoms with Crippen LogP contribution in [0.1, 0.15) is 41.3 Å². The Morgan fingerprint density at radius 1 is 0.939 bits per heavy atom. The molecule has 0 saturated heterocycles. The van der Waals surface area contributed by atoms with Crippen LogP contribution in [0.15, 0.2) is 78.9 Å². The highest BCUT2D eigenvalue weighted by Crippen LogP contribution is 2.42. The molecule has 0 atom stereocenters. The number of nitrogens with one attached hydrogen (secondary N) is 1. The molecule has 1 aromatic heterocycles. The van der Waals surface area contributed by atoms with Crippen molar-refractivity contribution in [2.45, 2.75) is 33.6 Å². The van der Waals surface area contributed by atoms with Gasteiger partial charge in [-0.25, -0.2) is 4.98 Å². The van der Waals surface area contributed by atoms with Crippen LogP contribution in [0.2, 0.25) is 5.02 Å². The smallest absolute Gasteiger partial charge is 0.232 e. The van der Waals surface area contributed by atoms with Crippen molar-refractivity contribution < 1.29 is 4.79 Å². The normalized spacial score (nSPS) is 11.6. The van der Waals surface area contributed by atoms with Crippen molar-refractivity contribution in [1.82, 2.24) is 4.98 Å². The average Bonchev–Trinajstić information content (AvgIpc) is 3.17. The summed E-state index contributed by atoms with van der Waals surface area (Å²) in [5.74, 6) is -0.168. The van der Waals surface area contributed by atoms with Crippen LogP contribution in [0, 0.1) is 19.3 Å². The molecule has 4 aromatic rings. The Bertz CT molecular complexity index is 1230. The van der Waals surface area contributed by atoms with Gasteiger partial charge in [0.1, 0.15) is 0 Å². The van der Waals surface area contributed by atoms with E-state index in [0.29, 0.717) is 10.2 Å². The van der Waals surface area contributed by atoms with E-state index >= 15 is 0 Å². The Morgan fingerprint density at radius 3 is 2.06 bits per heavy atom. The highest BCUT2D eigenvalue weighted by Gasteiger charge is 2.39. The Balaban J connectivity index is 1.65. The van der Waals surface area contributed by atoms with Gasteiger partial charge in [-0.1, -0.05) is 98.2 Å². The van der Waals surface area contributed by atoms with Gasteiger partial charge in [0.15, 0.2) is 5.13 Å². The number of carbonyl (C=O) groups excluding carboxylic acids is 1. The minimum Gasteiger partial charge on any atom is -0.301 e. The predicted molar refractivity (Wildman–Crippen MR) is 139 cm³/mol. The van der Waals surface area contributed by atoms with Gasteiger partial charge in [-0.05, 0) is 36.6 Å². The van der Waals surface area contributed by atoms with Crippen LogP contribution in [0.3, 0.4) is 0 Å². The zero-order chi connectivity index (χ0) is 23.6. The van der Waals surface area contributed by atoms with Gasteiger partial charge in [-0.15, -0.1) is 11.3 Å². The lowest BCUT2D eigenvalue weighted by Crippen LogP contribution is -2.37.